The molecule has 3 N–H and O–H groups in total. The Balaban J connectivity index is 0.000000233. The number of aromatic nitrogens is 1. The van der Waals surface area contributed by atoms with Gasteiger partial charge in [0.25, 0.3) is 0 Å². The van der Waals surface area contributed by atoms with E-state index in [2.05, 4.69) is 82.9 Å². The number of aryl methyl sites for hydroxylation is 1. The van der Waals surface area contributed by atoms with E-state index < -0.39 is 0 Å². The summed E-state index contributed by atoms with van der Waals surface area (Å²) < 4.78 is 0. The van der Waals surface area contributed by atoms with E-state index in [9.17, 15) is 4.79 Å². The molecule has 0 saturated heterocycles. The van der Waals surface area contributed by atoms with E-state index >= 15 is 0 Å². The van der Waals surface area contributed by atoms with Crippen LogP contribution in [0.25, 0.3) is 10.9 Å². The SMILES string of the molecule is CCC(CCNC)NC=O.Cc1ccc2[nH]c3c(c2c1)CN(Cc1ccccc1)CC3. The lowest BCUT2D eigenvalue weighted by molar-refractivity contribution is -0.110. The summed E-state index contributed by atoms with van der Waals surface area (Å²) in [5.41, 5.74) is 6.95. The van der Waals surface area contributed by atoms with Gasteiger partial charge in [0, 0.05) is 48.7 Å². The number of H-pyrrole nitrogens is 1. The largest absolute Gasteiger partial charge is 0.358 e. The number of fused-ring (bicyclic) bond motifs is 3. The van der Waals surface area contributed by atoms with Gasteiger partial charge in [-0.25, -0.2) is 0 Å². The fraction of sp³-hybridized carbons (Fsp3) is 0.423. The van der Waals surface area contributed by atoms with Crippen LogP contribution in [0.15, 0.2) is 48.5 Å². The molecule has 1 amide bonds. The molecule has 0 bridgehead atoms. The van der Waals surface area contributed by atoms with Crippen molar-refractivity contribution in [2.24, 2.45) is 0 Å². The quantitative estimate of drug-likeness (QED) is 0.480. The van der Waals surface area contributed by atoms with E-state index in [0.29, 0.717) is 6.04 Å². The lowest BCUT2D eigenvalue weighted by Gasteiger charge is -2.27. The predicted molar refractivity (Wildman–Crippen MR) is 129 cm³/mol. The maximum absolute atomic E-state index is 10.0. The van der Waals surface area contributed by atoms with Crippen molar-refractivity contribution in [1.82, 2.24) is 20.5 Å². The third kappa shape index (κ3) is 6.42. The number of carbonyl (C=O) groups excluding carboxylic acids is 1. The second-order valence-electron chi connectivity index (χ2n) is 8.36. The van der Waals surface area contributed by atoms with Crippen LogP contribution in [0.5, 0.6) is 0 Å². The summed E-state index contributed by atoms with van der Waals surface area (Å²) in [6, 6.07) is 17.8. The van der Waals surface area contributed by atoms with Crippen LogP contribution in [0.2, 0.25) is 0 Å². The number of hydrogen-bond donors (Lipinski definition) is 3. The molecule has 2 aromatic carbocycles. The molecule has 1 unspecified atom stereocenters. The Morgan fingerprint density at radius 3 is 2.71 bits per heavy atom. The molecule has 1 aliphatic rings. The van der Waals surface area contributed by atoms with Gasteiger partial charge in [-0.15, -0.1) is 0 Å². The van der Waals surface area contributed by atoms with E-state index in [4.69, 9.17) is 0 Å². The van der Waals surface area contributed by atoms with Crippen LogP contribution in [-0.4, -0.2) is 42.5 Å². The highest BCUT2D eigenvalue weighted by atomic mass is 16.1. The van der Waals surface area contributed by atoms with Gasteiger partial charge in [-0.05, 0) is 56.6 Å². The number of hydrogen-bond acceptors (Lipinski definition) is 3. The highest BCUT2D eigenvalue weighted by Crippen LogP contribution is 2.29. The van der Waals surface area contributed by atoms with E-state index in [1.807, 2.05) is 7.05 Å². The Morgan fingerprint density at radius 2 is 2.00 bits per heavy atom. The zero-order valence-electron chi connectivity index (χ0n) is 19.1. The second-order valence-corrected chi connectivity index (χ2v) is 8.36. The normalized spacial score (nSPS) is 14.4. The van der Waals surface area contributed by atoms with Crippen molar-refractivity contribution >= 4 is 17.3 Å². The molecule has 1 atom stereocenters. The molecular formula is C26H36N4O. The molecule has 31 heavy (non-hydrogen) atoms. The maximum Gasteiger partial charge on any atom is 0.207 e. The first-order valence-corrected chi connectivity index (χ1v) is 11.3. The number of nitrogens with zero attached hydrogens (tertiary/aromatic N) is 1. The van der Waals surface area contributed by atoms with Gasteiger partial charge in [0.2, 0.25) is 6.41 Å². The van der Waals surface area contributed by atoms with E-state index in [0.717, 1.165) is 51.9 Å². The molecule has 0 saturated carbocycles. The summed E-state index contributed by atoms with van der Waals surface area (Å²) in [5, 5.41) is 7.19. The highest BCUT2D eigenvalue weighted by molar-refractivity contribution is 5.85. The van der Waals surface area contributed by atoms with Crippen molar-refractivity contribution < 1.29 is 4.79 Å². The minimum absolute atomic E-state index is 0.338. The summed E-state index contributed by atoms with van der Waals surface area (Å²) in [4.78, 5) is 16.2. The van der Waals surface area contributed by atoms with Crippen molar-refractivity contribution in [3.8, 4) is 0 Å². The van der Waals surface area contributed by atoms with Crippen molar-refractivity contribution in [3.63, 3.8) is 0 Å². The standard InChI is InChI=1S/C19H20N2.C7H16N2O/c1-14-7-8-18-16(11-14)17-13-21(10-9-19(17)20-18)12-15-5-3-2-4-6-15;1-3-7(9-6-10)4-5-8-2/h2-8,11,20H,9-10,12-13H2,1H3;6-8H,3-5H2,1-2H3,(H,9,10). The third-order valence-corrected chi connectivity index (χ3v) is 6.00. The average molecular weight is 421 g/mol. The van der Waals surface area contributed by atoms with Crippen LogP contribution in [0.1, 0.15) is 42.1 Å². The van der Waals surface area contributed by atoms with Gasteiger partial charge in [0.15, 0.2) is 0 Å². The Morgan fingerprint density at radius 1 is 1.19 bits per heavy atom. The van der Waals surface area contributed by atoms with Crippen LogP contribution in [0.4, 0.5) is 0 Å². The fourth-order valence-corrected chi connectivity index (χ4v) is 4.18. The molecule has 5 heteroatoms. The van der Waals surface area contributed by atoms with Crippen molar-refractivity contribution in [2.45, 2.75) is 52.2 Å². The van der Waals surface area contributed by atoms with Gasteiger partial charge in [0.05, 0.1) is 0 Å². The van der Waals surface area contributed by atoms with Gasteiger partial charge in [-0.3, -0.25) is 9.69 Å². The van der Waals surface area contributed by atoms with Gasteiger partial charge >= 0.3 is 0 Å². The molecule has 1 aromatic heterocycles. The van der Waals surface area contributed by atoms with Crippen LogP contribution in [0.3, 0.4) is 0 Å². The summed E-state index contributed by atoms with van der Waals surface area (Å²) in [5.74, 6) is 0. The Hall–Kier alpha value is -2.63. The Labute approximate surface area is 186 Å². The molecule has 0 radical (unpaired) electrons. The third-order valence-electron chi connectivity index (χ3n) is 6.00. The molecular weight excluding hydrogens is 384 g/mol. The zero-order chi connectivity index (χ0) is 22.1. The monoisotopic (exact) mass is 420 g/mol. The smallest absolute Gasteiger partial charge is 0.207 e. The van der Waals surface area contributed by atoms with Gasteiger partial charge in [-0.1, -0.05) is 48.9 Å². The zero-order valence-corrected chi connectivity index (χ0v) is 19.1. The number of aromatic amines is 1. The predicted octanol–water partition coefficient (Wildman–Crippen LogP) is 4.16. The highest BCUT2D eigenvalue weighted by Gasteiger charge is 2.20. The minimum Gasteiger partial charge on any atom is -0.358 e. The first kappa shape index (κ1) is 23.0. The molecule has 5 nitrogen and oxygen atoms in total. The van der Waals surface area contributed by atoms with Crippen LogP contribution in [0, 0.1) is 6.92 Å². The minimum atomic E-state index is 0.338. The summed E-state index contributed by atoms with van der Waals surface area (Å²) in [6.45, 7) is 8.42. The van der Waals surface area contributed by atoms with Crippen molar-refractivity contribution in [3.05, 3.63) is 70.9 Å². The van der Waals surface area contributed by atoms with Gasteiger partial charge < -0.3 is 15.6 Å². The number of carbonyl (C=O) groups is 1. The molecule has 0 aliphatic carbocycles. The van der Waals surface area contributed by atoms with Crippen LogP contribution in [-0.2, 0) is 24.3 Å². The van der Waals surface area contributed by atoms with E-state index in [-0.39, 0.29) is 0 Å². The molecule has 0 fully saturated rings. The first-order valence-electron chi connectivity index (χ1n) is 11.3. The second kappa shape index (κ2) is 11.7. The van der Waals surface area contributed by atoms with E-state index in [1.54, 1.807) is 0 Å². The lowest BCUT2D eigenvalue weighted by Crippen LogP contribution is -2.30. The van der Waals surface area contributed by atoms with Gasteiger partial charge in [0.1, 0.15) is 0 Å². The Kier molecular flexibility index (Phi) is 8.68. The Bertz CT molecular complexity index is 951. The number of rotatable bonds is 8. The number of nitrogens with one attached hydrogen (secondary N) is 3. The van der Waals surface area contributed by atoms with Crippen LogP contribution >= 0.6 is 0 Å². The van der Waals surface area contributed by atoms with E-state index in [1.165, 1.54) is 33.3 Å². The molecule has 3 aromatic rings. The number of amides is 1. The average Bonchev–Trinajstić information content (AvgIpc) is 3.15. The van der Waals surface area contributed by atoms with Crippen LogP contribution < -0.4 is 10.6 Å². The van der Waals surface area contributed by atoms with Crippen molar-refractivity contribution in [1.29, 1.82) is 0 Å². The molecule has 2 heterocycles. The molecule has 4 rings (SSSR count). The van der Waals surface area contributed by atoms with Gasteiger partial charge in [-0.2, -0.15) is 0 Å². The first-order chi connectivity index (χ1) is 15.1. The topological polar surface area (TPSA) is 60.2 Å². The molecule has 0 spiro atoms. The fourth-order valence-electron chi connectivity index (χ4n) is 4.18. The summed E-state index contributed by atoms with van der Waals surface area (Å²) in [6.07, 6.45) is 3.89. The number of benzene rings is 2. The summed E-state index contributed by atoms with van der Waals surface area (Å²) in [7, 11) is 1.91. The maximum atomic E-state index is 10.0. The van der Waals surface area contributed by atoms with Crippen molar-refractivity contribution in [2.75, 3.05) is 20.1 Å². The molecule has 1 aliphatic heterocycles. The lowest BCUT2D eigenvalue weighted by atomic mass is 10.0. The summed E-state index contributed by atoms with van der Waals surface area (Å²) >= 11 is 0. The molecule has 166 valence electrons.